The molecule has 2 fully saturated rings. The molecule has 3 amide bonds. The van der Waals surface area contributed by atoms with E-state index in [2.05, 4.69) is 4.74 Å². The average Bonchev–Trinajstić information content (AvgIpc) is 3.17. The summed E-state index contributed by atoms with van der Waals surface area (Å²) < 4.78 is 117. The number of hydrogen-bond donors (Lipinski definition) is 0. The highest BCUT2D eigenvalue weighted by molar-refractivity contribution is 6.05. The van der Waals surface area contributed by atoms with Gasteiger partial charge in [0.25, 0.3) is 11.8 Å². The van der Waals surface area contributed by atoms with Crippen LogP contribution in [0.4, 0.5) is 0 Å². The monoisotopic (exact) mass is 492 g/mol. The molecule has 0 unspecified atom stereocenters. The lowest BCUT2D eigenvalue weighted by atomic mass is 10.0. The van der Waals surface area contributed by atoms with Crippen LogP contribution >= 0.6 is 0 Å². The lowest BCUT2D eigenvalue weighted by Crippen LogP contribution is -2.53. The van der Waals surface area contributed by atoms with Gasteiger partial charge in [-0.2, -0.15) is 0 Å². The fourth-order valence-corrected chi connectivity index (χ4v) is 3.61. The Morgan fingerprint density at radius 2 is 1.80 bits per heavy atom. The predicted molar refractivity (Wildman–Crippen MR) is 131 cm³/mol. The Balaban J connectivity index is 0.00000520. The largest absolute Gasteiger partial charge is 0.489 e. The Hall–Kier alpha value is -3.23. The van der Waals surface area contributed by atoms with Crippen LogP contribution in [-0.2, 0) is 34.0 Å². The maximum Gasteiger partial charge on any atom is 0.255 e. The predicted octanol–water partition coefficient (Wildman–Crippen LogP) is 2.84. The zero-order chi connectivity index (χ0) is 35.3. The lowest BCUT2D eigenvalue weighted by Gasteiger charge is -2.33. The molecule has 0 aromatic heterocycles. The molecule has 2 saturated heterocycles. The van der Waals surface area contributed by atoms with Gasteiger partial charge in [0.15, 0.2) is 0 Å². The van der Waals surface area contributed by atoms with Gasteiger partial charge in [-0.05, 0) is 29.7 Å². The van der Waals surface area contributed by atoms with Gasteiger partial charge in [0.1, 0.15) is 18.4 Å². The van der Waals surface area contributed by atoms with Crippen molar-refractivity contribution in [2.45, 2.75) is 45.9 Å². The second kappa shape index (κ2) is 10.6. The van der Waals surface area contributed by atoms with Crippen molar-refractivity contribution >= 4 is 17.7 Å². The number of hydrogen-bond acceptors (Lipinski definition) is 6. The Morgan fingerprint density at radius 1 is 1.09 bits per heavy atom. The molecule has 0 bridgehead atoms. The molecule has 0 N–H and O–H groups in total. The van der Waals surface area contributed by atoms with Crippen LogP contribution in [0.1, 0.15) is 65.1 Å². The van der Waals surface area contributed by atoms with Crippen LogP contribution in [0.3, 0.4) is 0 Å². The van der Waals surface area contributed by atoms with E-state index in [0.29, 0.717) is 20.3 Å². The van der Waals surface area contributed by atoms with E-state index in [1.807, 2.05) is 0 Å². The summed E-state index contributed by atoms with van der Waals surface area (Å²) in [4.78, 5) is 39.9. The number of nitrogens with zero attached hydrogens (tertiary/aromatic N) is 3. The van der Waals surface area contributed by atoms with Gasteiger partial charge in [-0.1, -0.05) is 37.8 Å². The normalized spacial score (nSPS) is 36.8. The first-order valence-corrected chi connectivity index (χ1v) is 10.3. The average molecular weight is 493 g/mol. The molecule has 3 heterocycles. The first-order valence-electron chi connectivity index (χ1n) is 16.8. The zero-order valence-corrected chi connectivity index (χ0v) is 18.0. The molecule has 0 saturated carbocycles. The van der Waals surface area contributed by atoms with Crippen molar-refractivity contribution in [2.24, 2.45) is 0 Å². The van der Waals surface area contributed by atoms with Crippen LogP contribution in [0, 0.1) is 0 Å². The minimum absolute atomic E-state index is 0. The highest BCUT2D eigenvalue weighted by atomic mass is 16.5. The molecule has 0 aliphatic carbocycles. The number of likely N-dealkylation sites (N-methyl/N-ethyl adjacent to an activating group) is 1. The maximum absolute atomic E-state index is 13.5. The van der Waals surface area contributed by atoms with E-state index in [9.17, 15) is 14.4 Å². The van der Waals surface area contributed by atoms with Gasteiger partial charge < -0.3 is 14.4 Å². The van der Waals surface area contributed by atoms with Crippen molar-refractivity contribution in [1.29, 1.82) is 0 Å². The molecule has 5 rings (SSSR count). The summed E-state index contributed by atoms with van der Waals surface area (Å²) in [5.74, 6) is -3.67. The SMILES string of the molecule is C.[2H]C1([2H])C[C@@]([2H])(N2C(=O)c3cccc(OCc4ccc(CN5C([2H])([2H])C([2H])([2H])OC([2H])([2H])C5([2H])[2H])cc4)c3C2([2H])[2H])C(=O)N(C)C1=O. The van der Waals surface area contributed by atoms with E-state index in [0.717, 1.165) is 7.05 Å². The van der Waals surface area contributed by atoms with Gasteiger partial charge in [-0.25, -0.2) is 0 Å². The van der Waals surface area contributed by atoms with Gasteiger partial charge in [-0.3, -0.25) is 24.2 Å². The first kappa shape index (κ1) is 13.2. The Morgan fingerprint density at radius 3 is 2.54 bits per heavy atom. The number of fused-ring (bicyclic) bond motifs is 1. The number of likely N-dealkylation sites (tertiary alicyclic amines) is 1. The Labute approximate surface area is 224 Å². The third-order valence-corrected chi connectivity index (χ3v) is 5.44. The van der Waals surface area contributed by atoms with Gasteiger partial charge in [-0.15, -0.1) is 0 Å². The van der Waals surface area contributed by atoms with Crippen LogP contribution < -0.4 is 4.74 Å². The number of imide groups is 1. The number of carbonyl (C=O) groups is 3. The minimum Gasteiger partial charge on any atom is -0.489 e. The number of benzene rings is 2. The van der Waals surface area contributed by atoms with E-state index in [-0.39, 0.29) is 36.5 Å². The summed E-state index contributed by atoms with van der Waals surface area (Å²) in [6.45, 7) is -16.1. The smallest absolute Gasteiger partial charge is 0.255 e. The fourth-order valence-electron chi connectivity index (χ4n) is 3.61. The van der Waals surface area contributed by atoms with Crippen molar-refractivity contribution in [1.82, 2.24) is 14.7 Å². The van der Waals surface area contributed by atoms with E-state index in [1.165, 1.54) is 42.5 Å². The van der Waals surface area contributed by atoms with Gasteiger partial charge in [0, 0.05) is 52.3 Å². The Kier molecular flexibility index (Phi) is 3.98. The molecule has 1 atom stereocenters. The zero-order valence-electron chi connectivity index (χ0n) is 31.0. The third-order valence-electron chi connectivity index (χ3n) is 5.44. The molecule has 8 nitrogen and oxygen atoms in total. The van der Waals surface area contributed by atoms with Crippen molar-refractivity contribution in [2.75, 3.05) is 33.2 Å². The first-order chi connectivity index (χ1) is 21.3. The van der Waals surface area contributed by atoms with Gasteiger partial charge in [0.2, 0.25) is 5.91 Å². The maximum atomic E-state index is 13.5. The number of amides is 3. The Bertz CT molecular complexity index is 1630. The fraction of sp³-hybridized carbons (Fsp3) is 0.444. The minimum atomic E-state index is -3.18. The molecule has 35 heavy (non-hydrogen) atoms. The lowest BCUT2D eigenvalue weighted by molar-refractivity contribution is -0.150. The molecule has 3 aliphatic rings. The number of morpholine rings is 1. The summed E-state index contributed by atoms with van der Waals surface area (Å²) in [6, 6.07) is 7.15. The quantitative estimate of drug-likeness (QED) is 0.577. The summed E-state index contributed by atoms with van der Waals surface area (Å²) in [5.41, 5.74) is 0.228. The second-order valence-electron chi connectivity index (χ2n) is 7.62. The summed E-state index contributed by atoms with van der Waals surface area (Å²) >= 11 is 0. The van der Waals surface area contributed by atoms with E-state index < -0.39 is 75.7 Å². The number of carbonyl (C=O) groups excluding carboxylic acids is 3. The highest BCUT2D eigenvalue weighted by Crippen LogP contribution is 2.34. The van der Waals surface area contributed by atoms with Crippen LogP contribution in [0.5, 0.6) is 5.75 Å². The molecular weight excluding hydrogens is 446 g/mol. The van der Waals surface area contributed by atoms with Crippen molar-refractivity contribution in [3.05, 3.63) is 64.7 Å². The summed E-state index contributed by atoms with van der Waals surface area (Å²) in [5, 5.41) is 0. The van der Waals surface area contributed by atoms with Crippen LogP contribution in [0.2, 0.25) is 0 Å². The summed E-state index contributed by atoms with van der Waals surface area (Å²) in [7, 11) is 0.956. The molecule has 3 aliphatic heterocycles. The van der Waals surface area contributed by atoms with E-state index in [1.54, 1.807) is 0 Å². The molecule has 2 aromatic carbocycles. The highest BCUT2D eigenvalue weighted by Gasteiger charge is 2.42. The number of rotatable bonds is 6. The molecule has 8 heteroatoms. The standard InChI is InChI=1S/C26H29N3O5.CH4/c1-27-24(30)10-9-22(26(27)32)29-16-21-20(25(29)31)3-2-4-23(21)34-17-19-7-5-18(6-8-19)15-28-11-13-33-14-12-28;/h2-8,22H,9-17H2,1H3;1H4/t22-;/m1./s1/i10D2,11D2,12D2,13D2,14D2,16D2,22D;. The van der Waals surface area contributed by atoms with Crippen LogP contribution in [0.25, 0.3) is 0 Å². The molecule has 0 radical (unpaired) electrons. The van der Waals surface area contributed by atoms with E-state index >= 15 is 0 Å². The van der Waals surface area contributed by atoms with Gasteiger partial charge >= 0.3 is 0 Å². The molecule has 2 aromatic rings. The topological polar surface area (TPSA) is 79.4 Å². The second-order valence-corrected chi connectivity index (χ2v) is 7.62. The summed E-state index contributed by atoms with van der Waals surface area (Å²) in [6.07, 6.45) is -3.82. The van der Waals surface area contributed by atoms with Crippen molar-refractivity contribution in [3.8, 4) is 5.75 Å². The van der Waals surface area contributed by atoms with Gasteiger partial charge in [0.05, 0.1) is 29.2 Å². The molecule has 186 valence electrons. The number of ether oxygens (including phenoxy) is 2. The molecule has 0 spiro atoms. The molecular formula is C27H33N3O5. The van der Waals surface area contributed by atoms with Crippen molar-refractivity contribution in [3.63, 3.8) is 0 Å². The van der Waals surface area contributed by atoms with E-state index in [4.69, 9.17) is 22.6 Å². The number of piperidine rings is 1. The van der Waals surface area contributed by atoms with Crippen LogP contribution in [-0.4, -0.2) is 71.6 Å². The third kappa shape index (κ3) is 5.09. The van der Waals surface area contributed by atoms with Crippen molar-refractivity contribution < 1.29 is 41.7 Å². The van der Waals surface area contributed by atoms with Crippen LogP contribution in [0.15, 0.2) is 42.5 Å².